The molecule has 1 aromatic carbocycles. The lowest BCUT2D eigenvalue weighted by molar-refractivity contribution is -0.937. The van der Waals surface area contributed by atoms with Crippen molar-refractivity contribution in [2.24, 2.45) is 0 Å². The number of benzene rings is 1. The van der Waals surface area contributed by atoms with Gasteiger partial charge >= 0.3 is 0 Å². The smallest absolute Gasteiger partial charge is 0.127 e. The van der Waals surface area contributed by atoms with Gasteiger partial charge in [0.2, 0.25) is 0 Å². The molecule has 0 saturated heterocycles. The number of rotatable bonds is 5. The van der Waals surface area contributed by atoms with Crippen LogP contribution in [0.1, 0.15) is 5.56 Å². The largest absolute Gasteiger partial charge is 0.507 e. The zero-order chi connectivity index (χ0) is 12.1. The zero-order valence-electron chi connectivity index (χ0n) is 10.2. The predicted octanol–water partition coefficient (Wildman–Crippen LogP) is -0.795. The van der Waals surface area contributed by atoms with Crippen molar-refractivity contribution in [3.05, 3.63) is 28.8 Å². The highest BCUT2D eigenvalue weighted by atomic mass is 35.5. The normalized spacial score (nSPS) is 13.1. The maximum Gasteiger partial charge on any atom is 0.127 e. The van der Waals surface area contributed by atoms with Gasteiger partial charge in [-0.1, -0.05) is 11.6 Å². The van der Waals surface area contributed by atoms with Crippen LogP contribution in [-0.4, -0.2) is 39.3 Å². The van der Waals surface area contributed by atoms with Gasteiger partial charge in [-0.3, -0.25) is 0 Å². The van der Waals surface area contributed by atoms with Crippen molar-refractivity contribution < 1.29 is 14.9 Å². The van der Waals surface area contributed by atoms with Gasteiger partial charge in [-0.15, -0.1) is 0 Å². The van der Waals surface area contributed by atoms with Crippen molar-refractivity contribution in [2.75, 3.05) is 34.2 Å². The summed E-state index contributed by atoms with van der Waals surface area (Å²) in [6.07, 6.45) is 0. The Morgan fingerprint density at radius 3 is 2.50 bits per heavy atom. The second kappa shape index (κ2) is 6.09. The highest BCUT2D eigenvalue weighted by Gasteiger charge is 2.09. The average Bonchev–Trinajstić information content (AvgIpc) is 2.20. The van der Waals surface area contributed by atoms with E-state index in [1.165, 1.54) is 9.80 Å². The van der Waals surface area contributed by atoms with Gasteiger partial charge in [0.1, 0.15) is 25.4 Å². The molecule has 0 aliphatic rings. The summed E-state index contributed by atoms with van der Waals surface area (Å²) in [7, 11) is 6.41. The molecule has 0 heterocycles. The third-order valence-electron chi connectivity index (χ3n) is 2.59. The molecule has 90 valence electrons. The van der Waals surface area contributed by atoms with Gasteiger partial charge in [0, 0.05) is 10.6 Å². The average molecular weight is 245 g/mol. The number of likely N-dealkylation sites (N-methyl/N-ethyl adjacent to an activating group) is 2. The molecule has 0 aliphatic heterocycles. The van der Waals surface area contributed by atoms with Gasteiger partial charge < -0.3 is 14.9 Å². The van der Waals surface area contributed by atoms with Crippen LogP contribution in [0.25, 0.3) is 0 Å². The number of phenolic OH excluding ortho intramolecular Hbond substituents is 1. The minimum absolute atomic E-state index is 0.334. The van der Waals surface area contributed by atoms with Crippen LogP contribution in [0.3, 0.4) is 0 Å². The van der Waals surface area contributed by atoms with E-state index >= 15 is 0 Å². The Morgan fingerprint density at radius 1 is 1.19 bits per heavy atom. The topological polar surface area (TPSA) is 29.1 Å². The van der Waals surface area contributed by atoms with Crippen LogP contribution in [0, 0.1) is 0 Å². The lowest BCUT2D eigenvalue weighted by Gasteiger charge is -2.16. The number of hydrogen-bond acceptors (Lipinski definition) is 1. The molecule has 4 heteroatoms. The van der Waals surface area contributed by atoms with E-state index in [1.807, 2.05) is 6.07 Å². The van der Waals surface area contributed by atoms with E-state index in [-0.39, 0.29) is 0 Å². The van der Waals surface area contributed by atoms with Crippen molar-refractivity contribution in [1.29, 1.82) is 0 Å². The number of nitrogens with one attached hydrogen (secondary N) is 2. The third kappa shape index (κ3) is 4.39. The molecule has 1 atom stereocenters. The van der Waals surface area contributed by atoms with Crippen molar-refractivity contribution in [2.45, 2.75) is 6.54 Å². The fraction of sp³-hybridized carbons (Fsp3) is 0.500. The summed E-state index contributed by atoms with van der Waals surface area (Å²) in [5.74, 6) is 0.334. The Morgan fingerprint density at radius 2 is 1.88 bits per heavy atom. The van der Waals surface area contributed by atoms with Crippen LogP contribution < -0.4 is 9.80 Å². The second-order valence-corrected chi connectivity index (χ2v) is 5.05. The minimum atomic E-state index is 0.334. The summed E-state index contributed by atoms with van der Waals surface area (Å²) in [6.45, 7) is 3.00. The van der Waals surface area contributed by atoms with Crippen LogP contribution >= 0.6 is 11.6 Å². The molecule has 0 saturated carbocycles. The van der Waals surface area contributed by atoms with Crippen molar-refractivity contribution in [1.82, 2.24) is 0 Å². The molecule has 1 unspecified atom stereocenters. The molecule has 3 N–H and O–H groups in total. The molecule has 1 aromatic rings. The standard InChI is InChI=1S/C12H19ClN2O/c1-14(2)6-7-15(3)9-10-8-11(13)4-5-12(10)16/h4-5,8,16H,6-7,9H2,1-3H3/p+2. The molecule has 0 spiro atoms. The van der Waals surface area contributed by atoms with Gasteiger partial charge in [-0.2, -0.15) is 0 Å². The summed E-state index contributed by atoms with van der Waals surface area (Å²) in [5, 5.41) is 10.4. The second-order valence-electron chi connectivity index (χ2n) is 4.61. The first-order valence-corrected chi connectivity index (χ1v) is 5.94. The van der Waals surface area contributed by atoms with E-state index in [9.17, 15) is 5.11 Å². The van der Waals surface area contributed by atoms with E-state index in [2.05, 4.69) is 21.1 Å². The van der Waals surface area contributed by atoms with E-state index in [0.717, 1.165) is 25.2 Å². The van der Waals surface area contributed by atoms with Crippen LogP contribution in [0.4, 0.5) is 0 Å². The highest BCUT2D eigenvalue weighted by Crippen LogP contribution is 2.20. The van der Waals surface area contributed by atoms with E-state index < -0.39 is 0 Å². The molecule has 16 heavy (non-hydrogen) atoms. The molecular formula is C12H21ClN2O+2. The zero-order valence-corrected chi connectivity index (χ0v) is 10.9. The SMILES string of the molecule is C[NH+](C)CC[NH+](C)Cc1cc(Cl)ccc1O. The number of hydrogen-bond donors (Lipinski definition) is 3. The Balaban J connectivity index is 2.55. The molecule has 0 fully saturated rings. The minimum Gasteiger partial charge on any atom is -0.507 e. The van der Waals surface area contributed by atoms with E-state index in [0.29, 0.717) is 10.8 Å². The van der Waals surface area contributed by atoms with E-state index in [1.54, 1.807) is 12.1 Å². The van der Waals surface area contributed by atoms with Crippen LogP contribution in [0.2, 0.25) is 5.02 Å². The Hall–Kier alpha value is -0.770. The third-order valence-corrected chi connectivity index (χ3v) is 2.82. The molecule has 3 nitrogen and oxygen atoms in total. The number of aromatic hydroxyl groups is 1. The van der Waals surface area contributed by atoms with Gasteiger partial charge in [0.15, 0.2) is 0 Å². The first-order chi connectivity index (χ1) is 7.49. The monoisotopic (exact) mass is 244 g/mol. The Bertz CT molecular complexity index is 342. The van der Waals surface area contributed by atoms with Crippen LogP contribution in [0.5, 0.6) is 5.75 Å². The number of phenols is 1. The van der Waals surface area contributed by atoms with E-state index in [4.69, 9.17) is 11.6 Å². The summed E-state index contributed by atoms with van der Waals surface area (Å²) < 4.78 is 0. The number of halogens is 1. The van der Waals surface area contributed by atoms with Crippen molar-refractivity contribution in [3.63, 3.8) is 0 Å². The number of quaternary nitrogens is 2. The van der Waals surface area contributed by atoms with Gasteiger partial charge in [0.05, 0.1) is 21.1 Å². The molecule has 0 aliphatic carbocycles. The quantitative estimate of drug-likeness (QED) is 0.623. The first kappa shape index (κ1) is 13.3. The van der Waals surface area contributed by atoms with Crippen LogP contribution in [0.15, 0.2) is 18.2 Å². The molecule has 0 amide bonds. The fourth-order valence-electron chi connectivity index (χ4n) is 1.57. The van der Waals surface area contributed by atoms with Gasteiger partial charge in [-0.05, 0) is 18.2 Å². The maximum atomic E-state index is 9.68. The molecule has 1 rings (SSSR count). The summed E-state index contributed by atoms with van der Waals surface area (Å²) in [6, 6.07) is 5.20. The molecular weight excluding hydrogens is 224 g/mol. The first-order valence-electron chi connectivity index (χ1n) is 5.56. The van der Waals surface area contributed by atoms with Crippen molar-refractivity contribution in [3.8, 4) is 5.75 Å². The summed E-state index contributed by atoms with van der Waals surface area (Å²) >= 11 is 5.90. The van der Waals surface area contributed by atoms with Crippen LogP contribution in [-0.2, 0) is 6.54 Å². The fourth-order valence-corrected chi connectivity index (χ4v) is 1.77. The highest BCUT2D eigenvalue weighted by molar-refractivity contribution is 6.30. The predicted molar refractivity (Wildman–Crippen MR) is 66.3 cm³/mol. The van der Waals surface area contributed by atoms with Crippen molar-refractivity contribution >= 4 is 11.6 Å². The summed E-state index contributed by atoms with van der Waals surface area (Å²) in [4.78, 5) is 2.81. The molecule has 0 radical (unpaired) electrons. The maximum absolute atomic E-state index is 9.68. The van der Waals surface area contributed by atoms with Gasteiger partial charge in [-0.25, -0.2) is 0 Å². The molecule has 0 bridgehead atoms. The molecule has 0 aromatic heterocycles. The lowest BCUT2D eigenvalue weighted by atomic mass is 10.2. The summed E-state index contributed by atoms with van der Waals surface area (Å²) in [5.41, 5.74) is 0.916. The van der Waals surface area contributed by atoms with Gasteiger partial charge in [0.25, 0.3) is 0 Å². The Labute approximate surface area is 102 Å². The lowest BCUT2D eigenvalue weighted by Crippen LogP contribution is -3.15. The Kier molecular flexibility index (Phi) is 5.06.